The molecule has 3 nitrogen and oxygen atoms in total. The van der Waals surface area contributed by atoms with Crippen LogP contribution in [0.15, 0.2) is 24.3 Å². The normalized spacial score (nSPS) is 17.0. The van der Waals surface area contributed by atoms with E-state index in [0.717, 1.165) is 31.6 Å². The van der Waals surface area contributed by atoms with E-state index in [0.29, 0.717) is 6.04 Å². The van der Waals surface area contributed by atoms with Crippen LogP contribution in [0.25, 0.3) is 0 Å². The third-order valence-corrected chi connectivity index (χ3v) is 5.18. The monoisotopic (exact) mass is 380 g/mol. The molecule has 1 fully saturated rings. The fourth-order valence-corrected chi connectivity index (χ4v) is 3.58. The van der Waals surface area contributed by atoms with Gasteiger partial charge in [0.2, 0.25) is 0 Å². The molecule has 0 radical (unpaired) electrons. The third-order valence-electron chi connectivity index (χ3n) is 5.18. The van der Waals surface area contributed by atoms with E-state index in [9.17, 15) is 4.79 Å². The highest BCUT2D eigenvalue weighted by Gasteiger charge is 2.21. The van der Waals surface area contributed by atoms with E-state index < -0.39 is 0 Å². The van der Waals surface area contributed by atoms with E-state index in [1.807, 2.05) is 17.0 Å². The maximum atomic E-state index is 12.6. The van der Waals surface area contributed by atoms with Crippen molar-refractivity contribution in [2.24, 2.45) is 0 Å². The van der Waals surface area contributed by atoms with Crippen LogP contribution in [-0.2, 0) is 6.42 Å². The molecule has 1 saturated heterocycles. The van der Waals surface area contributed by atoms with Crippen LogP contribution in [0.3, 0.4) is 0 Å². The molecular weight excluding hydrogens is 344 g/mol. The van der Waals surface area contributed by atoms with Crippen LogP contribution >= 0.6 is 12.4 Å². The number of piperazine rings is 1. The molecule has 1 aromatic rings. The number of amides is 1. The van der Waals surface area contributed by atoms with Crippen LogP contribution in [0.4, 0.5) is 0 Å². The van der Waals surface area contributed by atoms with E-state index >= 15 is 0 Å². The molecule has 1 N–H and O–H groups in total. The van der Waals surface area contributed by atoms with E-state index in [1.165, 1.54) is 56.9 Å². The van der Waals surface area contributed by atoms with Gasteiger partial charge in [0.1, 0.15) is 0 Å². The van der Waals surface area contributed by atoms with Crippen LogP contribution in [0.5, 0.6) is 0 Å². The fourth-order valence-electron chi connectivity index (χ4n) is 3.58. The number of nitrogens with one attached hydrogen (secondary N) is 1. The Balaban J connectivity index is 0.00000338. The van der Waals surface area contributed by atoms with Crippen molar-refractivity contribution in [1.29, 1.82) is 0 Å². The molecule has 0 saturated carbocycles. The lowest BCUT2D eigenvalue weighted by Gasteiger charge is -2.32. The molecule has 0 aliphatic carbocycles. The highest BCUT2D eigenvalue weighted by Crippen LogP contribution is 2.14. The predicted octanol–water partition coefficient (Wildman–Crippen LogP) is 5.23. The van der Waals surface area contributed by atoms with Crippen molar-refractivity contribution in [2.75, 3.05) is 19.6 Å². The van der Waals surface area contributed by atoms with Crippen molar-refractivity contribution >= 4 is 18.3 Å². The number of carbonyl (C=O) groups is 1. The number of aryl methyl sites for hydroxylation is 1. The van der Waals surface area contributed by atoms with Gasteiger partial charge in [0, 0.05) is 31.2 Å². The largest absolute Gasteiger partial charge is 0.336 e. The molecule has 26 heavy (non-hydrogen) atoms. The van der Waals surface area contributed by atoms with E-state index in [4.69, 9.17) is 0 Å². The first-order valence-corrected chi connectivity index (χ1v) is 10.3. The van der Waals surface area contributed by atoms with Crippen molar-refractivity contribution in [2.45, 2.75) is 77.7 Å². The number of carbonyl (C=O) groups excluding carboxylic acids is 1. The summed E-state index contributed by atoms with van der Waals surface area (Å²) in [5, 5.41) is 3.38. The Morgan fingerprint density at radius 3 is 2.27 bits per heavy atom. The summed E-state index contributed by atoms with van der Waals surface area (Å²) in [4.78, 5) is 14.5. The van der Waals surface area contributed by atoms with Gasteiger partial charge in [0.25, 0.3) is 5.91 Å². The number of halogens is 1. The first-order chi connectivity index (χ1) is 12.2. The van der Waals surface area contributed by atoms with E-state index in [2.05, 4.69) is 31.3 Å². The molecule has 1 heterocycles. The van der Waals surface area contributed by atoms with Crippen molar-refractivity contribution in [3.63, 3.8) is 0 Å². The summed E-state index contributed by atoms with van der Waals surface area (Å²) in [7, 11) is 0. The van der Waals surface area contributed by atoms with Gasteiger partial charge in [-0.05, 0) is 37.5 Å². The molecule has 0 aromatic heterocycles. The summed E-state index contributed by atoms with van der Waals surface area (Å²) in [5.41, 5.74) is 2.19. The van der Waals surface area contributed by atoms with Gasteiger partial charge in [-0.25, -0.2) is 0 Å². The number of rotatable bonds is 10. The van der Waals surface area contributed by atoms with Gasteiger partial charge in [0.15, 0.2) is 0 Å². The standard InChI is InChI=1S/C22H36N2O.ClH/c1-3-4-5-6-7-8-9-10-11-20-12-14-21(15-13-20)22(25)24-17-16-23-19(2)18-24;/h12-15,19,23H,3-11,16-18H2,1-2H3;1H/t19-;/m0./s1. The maximum absolute atomic E-state index is 12.6. The Labute approximate surface area is 166 Å². The molecule has 1 atom stereocenters. The zero-order chi connectivity index (χ0) is 17.9. The first-order valence-electron chi connectivity index (χ1n) is 10.3. The minimum absolute atomic E-state index is 0. The molecular formula is C22H37ClN2O. The maximum Gasteiger partial charge on any atom is 0.253 e. The van der Waals surface area contributed by atoms with Gasteiger partial charge in [-0.1, -0.05) is 64.0 Å². The van der Waals surface area contributed by atoms with Gasteiger partial charge in [-0.2, -0.15) is 0 Å². The smallest absolute Gasteiger partial charge is 0.253 e. The van der Waals surface area contributed by atoms with Crippen LogP contribution in [-0.4, -0.2) is 36.5 Å². The second-order valence-corrected chi connectivity index (χ2v) is 7.53. The second kappa shape index (κ2) is 13.2. The summed E-state index contributed by atoms with van der Waals surface area (Å²) in [5.74, 6) is 0.173. The molecule has 148 valence electrons. The van der Waals surface area contributed by atoms with Crippen LogP contribution in [0.1, 0.15) is 81.1 Å². The Bertz CT molecular complexity index is 503. The van der Waals surface area contributed by atoms with Crippen molar-refractivity contribution in [3.05, 3.63) is 35.4 Å². The van der Waals surface area contributed by atoms with Gasteiger partial charge in [-0.3, -0.25) is 4.79 Å². The second-order valence-electron chi connectivity index (χ2n) is 7.53. The van der Waals surface area contributed by atoms with Crippen molar-refractivity contribution in [3.8, 4) is 0 Å². The average molecular weight is 381 g/mol. The quantitative estimate of drug-likeness (QED) is 0.564. The number of nitrogens with zero attached hydrogens (tertiary/aromatic N) is 1. The number of benzene rings is 1. The van der Waals surface area contributed by atoms with Gasteiger partial charge in [0.05, 0.1) is 0 Å². The zero-order valence-corrected chi connectivity index (χ0v) is 17.5. The van der Waals surface area contributed by atoms with Crippen LogP contribution in [0.2, 0.25) is 0 Å². The minimum atomic E-state index is 0. The summed E-state index contributed by atoms with van der Waals surface area (Å²) in [6, 6.07) is 8.68. The summed E-state index contributed by atoms with van der Waals surface area (Å²) in [6.45, 7) is 6.90. The van der Waals surface area contributed by atoms with E-state index in [-0.39, 0.29) is 18.3 Å². The Morgan fingerprint density at radius 1 is 1.04 bits per heavy atom. The Kier molecular flexibility index (Phi) is 11.6. The van der Waals surface area contributed by atoms with Crippen LogP contribution in [0, 0.1) is 0 Å². The third kappa shape index (κ3) is 8.09. The fraction of sp³-hybridized carbons (Fsp3) is 0.682. The lowest BCUT2D eigenvalue weighted by Crippen LogP contribution is -2.51. The molecule has 0 spiro atoms. The molecule has 0 bridgehead atoms. The van der Waals surface area contributed by atoms with Crippen molar-refractivity contribution < 1.29 is 4.79 Å². The van der Waals surface area contributed by atoms with Crippen molar-refractivity contribution in [1.82, 2.24) is 10.2 Å². The molecule has 1 aliphatic rings. The number of hydrogen-bond acceptors (Lipinski definition) is 2. The molecule has 1 aromatic carbocycles. The molecule has 4 heteroatoms. The zero-order valence-electron chi connectivity index (χ0n) is 16.6. The predicted molar refractivity (Wildman–Crippen MR) is 113 cm³/mol. The van der Waals surface area contributed by atoms with Gasteiger partial charge in [-0.15, -0.1) is 12.4 Å². The molecule has 1 aliphatic heterocycles. The highest BCUT2D eigenvalue weighted by atomic mass is 35.5. The lowest BCUT2D eigenvalue weighted by molar-refractivity contribution is 0.0709. The number of unbranched alkanes of at least 4 members (excludes halogenated alkanes) is 7. The van der Waals surface area contributed by atoms with E-state index in [1.54, 1.807) is 0 Å². The van der Waals surface area contributed by atoms with Gasteiger partial charge >= 0.3 is 0 Å². The lowest BCUT2D eigenvalue weighted by atomic mass is 10.0. The topological polar surface area (TPSA) is 32.3 Å². The summed E-state index contributed by atoms with van der Waals surface area (Å²) in [6.07, 6.45) is 12.0. The Hall–Kier alpha value is -1.06. The minimum Gasteiger partial charge on any atom is -0.336 e. The first kappa shape index (κ1) is 23.0. The number of hydrogen-bond donors (Lipinski definition) is 1. The SMILES string of the molecule is CCCCCCCCCCc1ccc(C(=O)N2CCN[C@@H](C)C2)cc1.Cl. The molecule has 0 unspecified atom stereocenters. The molecule has 2 rings (SSSR count). The molecule has 1 amide bonds. The summed E-state index contributed by atoms with van der Waals surface area (Å²) >= 11 is 0. The summed E-state index contributed by atoms with van der Waals surface area (Å²) < 4.78 is 0. The average Bonchev–Trinajstić information content (AvgIpc) is 2.64. The van der Waals surface area contributed by atoms with Crippen LogP contribution < -0.4 is 5.32 Å². The van der Waals surface area contributed by atoms with Gasteiger partial charge < -0.3 is 10.2 Å². The Morgan fingerprint density at radius 2 is 1.65 bits per heavy atom. The highest BCUT2D eigenvalue weighted by molar-refractivity contribution is 5.94.